The molecule has 3 nitrogen and oxygen atoms in total. The van der Waals surface area contributed by atoms with Crippen LogP contribution in [0, 0.1) is 0 Å². The molecule has 0 aromatic heterocycles. The zero-order valence-electron chi connectivity index (χ0n) is 10.3. The van der Waals surface area contributed by atoms with Crippen molar-refractivity contribution in [3.63, 3.8) is 0 Å². The van der Waals surface area contributed by atoms with Crippen molar-refractivity contribution >= 4 is 6.03 Å². The van der Waals surface area contributed by atoms with Crippen molar-refractivity contribution < 1.29 is 9.28 Å². The van der Waals surface area contributed by atoms with Crippen LogP contribution in [0.2, 0.25) is 0 Å². The molecule has 1 aliphatic heterocycles. The van der Waals surface area contributed by atoms with Gasteiger partial charge in [-0.2, -0.15) is 0 Å². The monoisotopic (exact) mass is 199 g/mol. The lowest BCUT2D eigenvalue weighted by atomic mass is 9.91. The molecule has 0 aromatic carbocycles. The van der Waals surface area contributed by atoms with Gasteiger partial charge < -0.3 is 0 Å². The smallest absolute Gasteiger partial charge is 0.300 e. The lowest BCUT2D eigenvalue weighted by molar-refractivity contribution is -0.932. The standard InChI is InChI=1S/C11H22N2O/c1-10(2,3)13(11(4,5)6)8-7-12-9(13)14/h7-8H2,1-6H3/p+1. The highest BCUT2D eigenvalue weighted by molar-refractivity contribution is 5.69. The van der Waals surface area contributed by atoms with Gasteiger partial charge in [0.2, 0.25) is 0 Å². The number of rotatable bonds is 0. The van der Waals surface area contributed by atoms with Gasteiger partial charge in [-0.15, -0.1) is 0 Å². The van der Waals surface area contributed by atoms with E-state index in [1.165, 1.54) is 0 Å². The number of urea groups is 1. The summed E-state index contributed by atoms with van der Waals surface area (Å²) in [5.74, 6) is 0. The zero-order chi connectivity index (χ0) is 11.2. The molecule has 2 amide bonds. The molecule has 0 bridgehead atoms. The van der Waals surface area contributed by atoms with E-state index in [2.05, 4.69) is 46.9 Å². The van der Waals surface area contributed by atoms with E-state index < -0.39 is 0 Å². The van der Waals surface area contributed by atoms with Gasteiger partial charge in [-0.25, -0.2) is 9.28 Å². The summed E-state index contributed by atoms with van der Waals surface area (Å²) in [6.07, 6.45) is 0. The molecule has 1 aliphatic rings. The molecule has 0 saturated carbocycles. The fourth-order valence-electron chi connectivity index (χ4n) is 2.85. The Morgan fingerprint density at radius 3 is 1.64 bits per heavy atom. The van der Waals surface area contributed by atoms with Crippen LogP contribution < -0.4 is 5.32 Å². The predicted octanol–water partition coefficient (Wildman–Crippen LogP) is 2.12. The first kappa shape index (κ1) is 11.5. The molecule has 3 heteroatoms. The maximum Gasteiger partial charge on any atom is 0.417 e. The van der Waals surface area contributed by atoms with E-state index in [4.69, 9.17) is 0 Å². The van der Waals surface area contributed by atoms with Gasteiger partial charge in [0.25, 0.3) is 0 Å². The molecule has 1 fully saturated rings. The van der Waals surface area contributed by atoms with Gasteiger partial charge >= 0.3 is 6.03 Å². The van der Waals surface area contributed by atoms with Gasteiger partial charge in [0.15, 0.2) is 0 Å². The molecular formula is C11H23N2O+. The van der Waals surface area contributed by atoms with E-state index in [9.17, 15) is 4.79 Å². The zero-order valence-corrected chi connectivity index (χ0v) is 10.3. The normalized spacial score (nSPS) is 22.3. The molecular weight excluding hydrogens is 176 g/mol. The SMILES string of the molecule is CC(C)(C)[N+]1(C(C)(C)C)CCNC1=O. The quantitative estimate of drug-likeness (QED) is 0.595. The van der Waals surface area contributed by atoms with Crippen molar-refractivity contribution in [2.45, 2.75) is 52.6 Å². The summed E-state index contributed by atoms with van der Waals surface area (Å²) in [5, 5.41) is 2.96. The van der Waals surface area contributed by atoms with Gasteiger partial charge in [-0.1, -0.05) is 0 Å². The second-order valence-corrected chi connectivity index (χ2v) is 6.11. The Morgan fingerprint density at radius 1 is 1.07 bits per heavy atom. The lowest BCUT2D eigenvalue weighted by Crippen LogP contribution is -2.70. The van der Waals surface area contributed by atoms with Crippen molar-refractivity contribution in [2.24, 2.45) is 0 Å². The van der Waals surface area contributed by atoms with Crippen LogP contribution in [0.1, 0.15) is 41.5 Å². The lowest BCUT2D eigenvalue weighted by Gasteiger charge is -2.50. The largest absolute Gasteiger partial charge is 0.417 e. The minimum absolute atomic E-state index is 0.0428. The van der Waals surface area contributed by atoms with E-state index >= 15 is 0 Å². The van der Waals surface area contributed by atoms with Crippen LogP contribution in [-0.2, 0) is 0 Å². The molecule has 0 spiro atoms. The highest BCUT2D eigenvalue weighted by Crippen LogP contribution is 2.37. The first-order valence-corrected chi connectivity index (χ1v) is 5.29. The number of nitrogens with one attached hydrogen (secondary N) is 1. The van der Waals surface area contributed by atoms with Gasteiger partial charge in [0.1, 0.15) is 6.54 Å². The van der Waals surface area contributed by atoms with Crippen molar-refractivity contribution in [1.82, 2.24) is 5.32 Å². The molecule has 0 radical (unpaired) electrons. The Morgan fingerprint density at radius 2 is 1.50 bits per heavy atom. The summed E-state index contributed by atoms with van der Waals surface area (Å²) in [7, 11) is 0. The van der Waals surface area contributed by atoms with Crippen LogP contribution in [0.5, 0.6) is 0 Å². The Hall–Kier alpha value is -0.570. The van der Waals surface area contributed by atoms with Crippen LogP contribution in [0.3, 0.4) is 0 Å². The fourth-order valence-corrected chi connectivity index (χ4v) is 2.85. The van der Waals surface area contributed by atoms with E-state index in [0.29, 0.717) is 4.48 Å². The summed E-state index contributed by atoms with van der Waals surface area (Å²) in [6, 6.07) is 0.171. The van der Waals surface area contributed by atoms with Gasteiger partial charge in [-0.05, 0) is 41.5 Å². The van der Waals surface area contributed by atoms with Crippen LogP contribution in [0.4, 0.5) is 4.79 Å². The predicted molar refractivity (Wildman–Crippen MR) is 58.0 cm³/mol. The average molecular weight is 199 g/mol. The van der Waals surface area contributed by atoms with Crippen LogP contribution in [-0.4, -0.2) is 34.7 Å². The molecule has 1 rings (SSSR count). The Balaban J connectivity index is 3.23. The third-order valence-corrected chi connectivity index (χ3v) is 3.36. The molecule has 1 N–H and O–H groups in total. The Labute approximate surface area is 87.1 Å². The number of hydrogen-bond acceptors (Lipinski definition) is 1. The summed E-state index contributed by atoms with van der Waals surface area (Å²) in [4.78, 5) is 12.1. The van der Waals surface area contributed by atoms with Crippen LogP contribution in [0.15, 0.2) is 0 Å². The van der Waals surface area contributed by atoms with E-state index in [0.717, 1.165) is 13.1 Å². The third kappa shape index (κ3) is 1.34. The van der Waals surface area contributed by atoms with Gasteiger partial charge in [0, 0.05) is 0 Å². The highest BCUT2D eigenvalue weighted by atomic mass is 16.2. The van der Waals surface area contributed by atoms with Crippen molar-refractivity contribution in [2.75, 3.05) is 13.1 Å². The molecule has 0 unspecified atom stereocenters. The third-order valence-electron chi connectivity index (χ3n) is 3.36. The summed E-state index contributed by atoms with van der Waals surface area (Å²) in [5.41, 5.74) is -0.0856. The molecule has 0 aromatic rings. The highest BCUT2D eigenvalue weighted by Gasteiger charge is 2.57. The minimum atomic E-state index is -0.0428. The summed E-state index contributed by atoms with van der Waals surface area (Å²) < 4.78 is 0.528. The molecule has 1 heterocycles. The van der Waals surface area contributed by atoms with Crippen molar-refractivity contribution in [3.8, 4) is 0 Å². The number of quaternary nitrogens is 1. The second-order valence-electron chi connectivity index (χ2n) is 6.11. The van der Waals surface area contributed by atoms with Crippen molar-refractivity contribution in [3.05, 3.63) is 0 Å². The maximum atomic E-state index is 12.1. The molecule has 0 aliphatic carbocycles. The Kier molecular flexibility index (Phi) is 2.43. The molecule has 1 saturated heterocycles. The molecule has 0 atom stereocenters. The molecule has 82 valence electrons. The Bertz CT molecular complexity index is 231. The van der Waals surface area contributed by atoms with Gasteiger partial charge in [0.05, 0.1) is 17.6 Å². The number of nitrogens with zero attached hydrogens (tertiary/aromatic N) is 1. The van der Waals surface area contributed by atoms with Crippen LogP contribution in [0.25, 0.3) is 0 Å². The van der Waals surface area contributed by atoms with E-state index in [-0.39, 0.29) is 17.1 Å². The summed E-state index contributed by atoms with van der Waals surface area (Å²) in [6.45, 7) is 14.5. The number of carbonyl (C=O) groups is 1. The number of amides is 2. The second kappa shape index (κ2) is 2.96. The maximum absolute atomic E-state index is 12.1. The first-order valence-electron chi connectivity index (χ1n) is 5.29. The van der Waals surface area contributed by atoms with Gasteiger partial charge in [-0.3, -0.25) is 5.32 Å². The topological polar surface area (TPSA) is 29.1 Å². The average Bonchev–Trinajstić information content (AvgIpc) is 2.27. The van der Waals surface area contributed by atoms with E-state index in [1.807, 2.05) is 0 Å². The number of carbonyl (C=O) groups excluding carboxylic acids is 1. The first-order chi connectivity index (χ1) is 6.13. The molecule has 14 heavy (non-hydrogen) atoms. The number of hydrogen-bond donors (Lipinski definition) is 1. The summed E-state index contributed by atoms with van der Waals surface area (Å²) >= 11 is 0. The van der Waals surface area contributed by atoms with E-state index in [1.54, 1.807) is 0 Å². The van der Waals surface area contributed by atoms with Crippen LogP contribution >= 0.6 is 0 Å². The fraction of sp³-hybridized carbons (Fsp3) is 0.909. The van der Waals surface area contributed by atoms with Crippen molar-refractivity contribution in [1.29, 1.82) is 0 Å². The minimum Gasteiger partial charge on any atom is -0.300 e.